The van der Waals surface area contributed by atoms with Crippen molar-refractivity contribution in [1.29, 1.82) is 0 Å². The van der Waals surface area contributed by atoms with E-state index in [1.54, 1.807) is 36.4 Å². The van der Waals surface area contributed by atoms with Crippen molar-refractivity contribution >= 4 is 27.5 Å². The summed E-state index contributed by atoms with van der Waals surface area (Å²) in [5.41, 5.74) is 1.65. The van der Waals surface area contributed by atoms with E-state index in [4.69, 9.17) is 0 Å². The fraction of sp³-hybridized carbons (Fsp3) is 0.350. The summed E-state index contributed by atoms with van der Waals surface area (Å²) >= 11 is 0. The Morgan fingerprint density at radius 1 is 1.25 bits per heavy atom. The first-order chi connectivity index (χ1) is 13.3. The molecule has 1 aliphatic heterocycles. The topological polar surface area (TPSA) is 87.7 Å². The summed E-state index contributed by atoms with van der Waals surface area (Å²) in [6, 6.07) is 10.1. The number of carbonyl (C=O) groups is 2. The quantitative estimate of drug-likeness (QED) is 0.740. The Kier molecular flexibility index (Phi) is 5.79. The summed E-state index contributed by atoms with van der Waals surface area (Å²) in [7, 11) is -3.70. The van der Waals surface area contributed by atoms with Crippen LogP contribution in [0.15, 0.2) is 48.8 Å². The van der Waals surface area contributed by atoms with Gasteiger partial charge in [-0.3, -0.25) is 14.6 Å². The molecular weight excluding hydrogens is 378 g/mol. The molecule has 148 valence electrons. The van der Waals surface area contributed by atoms with E-state index in [1.807, 2.05) is 19.1 Å². The molecule has 0 saturated carbocycles. The number of carbonyl (C=O) groups excluding carboxylic acids is 2. The van der Waals surface area contributed by atoms with Crippen LogP contribution in [-0.2, 0) is 21.2 Å². The average Bonchev–Trinajstić information content (AvgIpc) is 2.89. The molecule has 1 saturated heterocycles. The van der Waals surface area contributed by atoms with Gasteiger partial charge in [0.15, 0.2) is 0 Å². The zero-order chi connectivity index (χ0) is 20.3. The minimum Gasteiger partial charge on any atom is -0.339 e. The van der Waals surface area contributed by atoms with Crippen molar-refractivity contribution in [1.82, 2.24) is 9.88 Å². The van der Waals surface area contributed by atoms with Gasteiger partial charge < -0.3 is 4.90 Å². The Morgan fingerprint density at radius 2 is 1.96 bits per heavy atom. The zero-order valence-corrected chi connectivity index (χ0v) is 16.7. The SMILES string of the molecule is CCN(CCc1ccncc1)C(=O)c1cccc(N2C(=O)C(C)CS2(=O)=O)c1. The van der Waals surface area contributed by atoms with Crippen LogP contribution in [0, 0.1) is 5.92 Å². The molecule has 2 aromatic rings. The molecule has 0 spiro atoms. The van der Waals surface area contributed by atoms with E-state index in [9.17, 15) is 18.0 Å². The number of pyridine rings is 1. The number of rotatable bonds is 6. The number of nitrogens with zero attached hydrogens (tertiary/aromatic N) is 3. The van der Waals surface area contributed by atoms with Crippen LogP contribution in [0.4, 0.5) is 5.69 Å². The van der Waals surface area contributed by atoms with Gasteiger partial charge in [-0.1, -0.05) is 13.0 Å². The summed E-state index contributed by atoms with van der Waals surface area (Å²) in [6.07, 6.45) is 4.12. The third-order valence-electron chi connectivity index (χ3n) is 4.78. The van der Waals surface area contributed by atoms with Crippen LogP contribution in [0.2, 0.25) is 0 Å². The van der Waals surface area contributed by atoms with Gasteiger partial charge in [-0.2, -0.15) is 0 Å². The van der Waals surface area contributed by atoms with Gasteiger partial charge in [0.2, 0.25) is 15.9 Å². The fourth-order valence-electron chi connectivity index (χ4n) is 3.25. The molecule has 0 radical (unpaired) electrons. The van der Waals surface area contributed by atoms with Crippen molar-refractivity contribution in [2.45, 2.75) is 20.3 Å². The van der Waals surface area contributed by atoms with Crippen LogP contribution in [0.1, 0.15) is 29.8 Å². The summed E-state index contributed by atoms with van der Waals surface area (Å²) in [5.74, 6) is -1.46. The molecule has 1 atom stereocenters. The highest BCUT2D eigenvalue weighted by atomic mass is 32.2. The summed E-state index contributed by atoms with van der Waals surface area (Å²) < 4.78 is 25.5. The van der Waals surface area contributed by atoms with Crippen LogP contribution in [0.3, 0.4) is 0 Å². The summed E-state index contributed by atoms with van der Waals surface area (Å²) in [4.78, 5) is 30.9. The second-order valence-corrected chi connectivity index (χ2v) is 8.69. The maximum absolute atomic E-state index is 12.9. The minimum absolute atomic E-state index is 0.199. The molecule has 8 heteroatoms. The van der Waals surface area contributed by atoms with E-state index in [0.717, 1.165) is 9.87 Å². The summed E-state index contributed by atoms with van der Waals surface area (Å²) in [6.45, 7) is 4.53. The van der Waals surface area contributed by atoms with Crippen LogP contribution in [-0.4, -0.2) is 49.0 Å². The van der Waals surface area contributed by atoms with Gasteiger partial charge in [-0.15, -0.1) is 0 Å². The van der Waals surface area contributed by atoms with Gasteiger partial charge in [-0.05, 0) is 49.2 Å². The fourth-order valence-corrected chi connectivity index (χ4v) is 5.06. The second kappa shape index (κ2) is 8.10. The smallest absolute Gasteiger partial charge is 0.253 e. The average molecular weight is 401 g/mol. The molecule has 0 N–H and O–H groups in total. The number of hydrogen-bond donors (Lipinski definition) is 0. The van der Waals surface area contributed by atoms with Crippen molar-refractivity contribution in [2.75, 3.05) is 23.1 Å². The van der Waals surface area contributed by atoms with E-state index in [0.29, 0.717) is 25.1 Å². The standard InChI is InChI=1S/C20H23N3O4S/c1-3-22(12-9-16-7-10-21-11-8-16)20(25)17-5-4-6-18(13-17)23-19(24)15(2)14-28(23,26)27/h4-8,10-11,13,15H,3,9,12,14H2,1-2H3. The lowest BCUT2D eigenvalue weighted by atomic mass is 10.1. The molecule has 1 aromatic heterocycles. The van der Waals surface area contributed by atoms with Crippen LogP contribution >= 0.6 is 0 Å². The minimum atomic E-state index is -3.70. The Hall–Kier alpha value is -2.74. The molecule has 2 heterocycles. The first-order valence-corrected chi connectivity index (χ1v) is 10.8. The molecule has 1 fully saturated rings. The molecule has 7 nitrogen and oxygen atoms in total. The van der Waals surface area contributed by atoms with Gasteiger partial charge in [0.05, 0.1) is 17.4 Å². The number of aromatic nitrogens is 1. The van der Waals surface area contributed by atoms with Crippen LogP contribution in [0.5, 0.6) is 0 Å². The molecule has 3 rings (SSSR count). The lowest BCUT2D eigenvalue weighted by molar-refractivity contribution is -0.119. The highest BCUT2D eigenvalue weighted by molar-refractivity contribution is 7.94. The first kappa shape index (κ1) is 20.0. The highest BCUT2D eigenvalue weighted by Gasteiger charge is 2.42. The normalized spacial score (nSPS) is 18.3. The van der Waals surface area contributed by atoms with Crippen molar-refractivity contribution in [3.05, 3.63) is 59.9 Å². The van der Waals surface area contributed by atoms with Crippen molar-refractivity contribution in [3.8, 4) is 0 Å². The van der Waals surface area contributed by atoms with E-state index in [2.05, 4.69) is 4.98 Å². The molecule has 0 aliphatic carbocycles. The largest absolute Gasteiger partial charge is 0.339 e. The third-order valence-corrected chi connectivity index (χ3v) is 6.65. The number of benzene rings is 1. The maximum atomic E-state index is 12.9. The predicted molar refractivity (Wildman–Crippen MR) is 106 cm³/mol. The Labute approximate surface area is 165 Å². The Balaban J connectivity index is 1.80. The van der Waals surface area contributed by atoms with Crippen molar-refractivity contribution < 1.29 is 18.0 Å². The van der Waals surface area contributed by atoms with Gasteiger partial charge in [0.1, 0.15) is 0 Å². The van der Waals surface area contributed by atoms with E-state index in [1.165, 1.54) is 12.1 Å². The van der Waals surface area contributed by atoms with Crippen LogP contribution < -0.4 is 4.31 Å². The van der Waals surface area contributed by atoms with Gasteiger partial charge in [-0.25, -0.2) is 12.7 Å². The number of likely N-dealkylation sites (N-methyl/N-ethyl adjacent to an activating group) is 1. The number of anilines is 1. The monoisotopic (exact) mass is 401 g/mol. The number of amides is 2. The molecule has 0 bridgehead atoms. The van der Waals surface area contributed by atoms with Gasteiger partial charge in [0, 0.05) is 31.0 Å². The summed E-state index contributed by atoms with van der Waals surface area (Å²) in [5, 5.41) is 0. The predicted octanol–water partition coefficient (Wildman–Crippen LogP) is 2.10. The Bertz CT molecular complexity index is 976. The van der Waals surface area contributed by atoms with E-state index in [-0.39, 0.29) is 17.3 Å². The third kappa shape index (κ3) is 4.06. The highest BCUT2D eigenvalue weighted by Crippen LogP contribution is 2.29. The maximum Gasteiger partial charge on any atom is 0.253 e. The van der Waals surface area contributed by atoms with Gasteiger partial charge >= 0.3 is 0 Å². The second-order valence-electron chi connectivity index (χ2n) is 6.82. The molecule has 1 aromatic carbocycles. The number of hydrogen-bond acceptors (Lipinski definition) is 5. The van der Waals surface area contributed by atoms with Crippen LogP contribution in [0.25, 0.3) is 0 Å². The lowest BCUT2D eigenvalue weighted by Gasteiger charge is -2.22. The lowest BCUT2D eigenvalue weighted by Crippen LogP contribution is -2.33. The Morgan fingerprint density at radius 3 is 2.57 bits per heavy atom. The molecule has 1 unspecified atom stereocenters. The molecule has 1 aliphatic rings. The molecular formula is C20H23N3O4S. The number of sulfonamides is 1. The van der Waals surface area contributed by atoms with E-state index >= 15 is 0 Å². The van der Waals surface area contributed by atoms with E-state index < -0.39 is 21.8 Å². The zero-order valence-electron chi connectivity index (χ0n) is 15.9. The van der Waals surface area contributed by atoms with Crippen molar-refractivity contribution in [2.24, 2.45) is 5.92 Å². The van der Waals surface area contributed by atoms with Crippen molar-refractivity contribution in [3.63, 3.8) is 0 Å². The molecule has 2 amide bonds. The first-order valence-electron chi connectivity index (χ1n) is 9.18. The molecule has 28 heavy (non-hydrogen) atoms. The van der Waals surface area contributed by atoms with Gasteiger partial charge in [0.25, 0.3) is 5.91 Å².